The first-order valence-electron chi connectivity index (χ1n) is 15.8. The summed E-state index contributed by atoms with van der Waals surface area (Å²) in [6, 6.07) is 23.8. The van der Waals surface area contributed by atoms with Crippen molar-refractivity contribution >= 4 is 120 Å². The molecular formula is C40H22N4O4S6. The van der Waals surface area contributed by atoms with Gasteiger partial charge in [0.1, 0.15) is 58.4 Å². The van der Waals surface area contributed by atoms with Gasteiger partial charge in [0.25, 0.3) is 0 Å². The monoisotopic (exact) mass is 814 g/mol. The Balaban J connectivity index is 1.27. The van der Waals surface area contributed by atoms with Crippen molar-refractivity contribution in [2.45, 2.75) is 0 Å². The van der Waals surface area contributed by atoms with E-state index in [9.17, 15) is 21.0 Å². The molecule has 0 N–H and O–H groups in total. The summed E-state index contributed by atoms with van der Waals surface area (Å²) >= 11 is 9.04. The summed E-state index contributed by atoms with van der Waals surface area (Å²) in [5.41, 5.74) is 0.0687. The van der Waals surface area contributed by atoms with E-state index >= 15 is 0 Å². The van der Waals surface area contributed by atoms with Crippen LogP contribution >= 0.6 is 68.0 Å². The van der Waals surface area contributed by atoms with Gasteiger partial charge in [-0.05, 0) is 59.3 Å². The lowest BCUT2D eigenvalue weighted by molar-refractivity contribution is 0.419. The van der Waals surface area contributed by atoms with Crippen molar-refractivity contribution in [3.8, 4) is 66.8 Å². The first-order chi connectivity index (χ1) is 26.4. The molecule has 262 valence electrons. The summed E-state index contributed by atoms with van der Waals surface area (Å²) in [5, 5.41) is 48.8. The van der Waals surface area contributed by atoms with Crippen LogP contribution in [0.4, 0.5) is 0 Å². The molecule has 0 bridgehead atoms. The number of ether oxygens (including phenoxy) is 4. The first-order valence-corrected chi connectivity index (χ1v) is 20.9. The van der Waals surface area contributed by atoms with E-state index in [-0.39, 0.29) is 22.3 Å². The number of nitrogens with zero attached hydrogens (tertiary/aromatic N) is 4. The average Bonchev–Trinajstić information content (AvgIpc) is 4.04. The number of methoxy groups -OCH3 is 4. The summed E-state index contributed by atoms with van der Waals surface area (Å²) in [6.45, 7) is 0. The van der Waals surface area contributed by atoms with E-state index in [1.807, 2.05) is 71.4 Å². The Morgan fingerprint density at radius 2 is 0.815 bits per heavy atom. The third kappa shape index (κ3) is 5.43. The van der Waals surface area contributed by atoms with E-state index < -0.39 is 0 Å². The van der Waals surface area contributed by atoms with Gasteiger partial charge in [-0.3, -0.25) is 0 Å². The predicted octanol–water partition coefficient (Wildman–Crippen LogP) is 12.3. The van der Waals surface area contributed by atoms with Gasteiger partial charge in [0.2, 0.25) is 0 Å². The fraction of sp³-hybridized carbons (Fsp3) is 0.100. The fourth-order valence-electron chi connectivity index (χ4n) is 6.55. The molecule has 6 heterocycles. The van der Waals surface area contributed by atoms with Crippen molar-refractivity contribution in [1.29, 1.82) is 21.0 Å². The van der Waals surface area contributed by atoms with Crippen LogP contribution in [0.15, 0.2) is 70.4 Å². The molecule has 8 nitrogen and oxygen atoms in total. The maximum absolute atomic E-state index is 10.3. The lowest BCUT2D eigenvalue weighted by Gasteiger charge is -2.10. The molecule has 6 aromatic heterocycles. The molecule has 0 aliphatic heterocycles. The van der Waals surface area contributed by atoms with Gasteiger partial charge in [-0.15, -0.1) is 68.0 Å². The molecular weight excluding hydrogens is 793 g/mol. The molecule has 0 fully saturated rings. The molecule has 0 saturated carbocycles. The molecule has 0 aliphatic carbocycles. The van der Waals surface area contributed by atoms with E-state index in [0.717, 1.165) is 82.9 Å². The minimum absolute atomic E-state index is 0.201. The zero-order valence-corrected chi connectivity index (χ0v) is 33.5. The topological polar surface area (TPSA) is 132 Å². The number of allylic oxidation sites excluding steroid dienone is 4. The first kappa shape index (κ1) is 35.4. The number of hydrogen-bond donors (Lipinski definition) is 0. The van der Waals surface area contributed by atoms with Crippen molar-refractivity contribution in [3.63, 3.8) is 0 Å². The molecule has 0 saturated heterocycles. The number of fused-ring (bicyclic) bond motifs is 4. The second-order valence-corrected chi connectivity index (χ2v) is 17.5. The van der Waals surface area contributed by atoms with Gasteiger partial charge in [0.15, 0.2) is 0 Å². The zero-order chi connectivity index (χ0) is 37.7. The van der Waals surface area contributed by atoms with Gasteiger partial charge in [0.05, 0.1) is 47.2 Å². The minimum atomic E-state index is -0.201. The largest absolute Gasteiger partial charge is 0.495 e. The standard InChI is InChI=1S/C40H22N4O4S6/c1-45-33-21-9-11-49-37(21)35(47-3)23-13-29(53-39(23)33)25-5-7-27(51-25)31(19(15-41)16-42)32(20(17-43)18-44)28-8-6-26(52-28)30-14-24-36(48-4)38-22(10-12-50-38)34(46-2)40(24)54-30/h5-14H,1-4H3. The molecule has 0 atom stereocenters. The molecule has 0 unspecified atom stereocenters. The molecule has 8 rings (SSSR count). The van der Waals surface area contributed by atoms with Crippen molar-refractivity contribution in [2.75, 3.05) is 28.4 Å². The Morgan fingerprint density at radius 1 is 0.444 bits per heavy atom. The zero-order valence-electron chi connectivity index (χ0n) is 28.6. The van der Waals surface area contributed by atoms with E-state index in [4.69, 9.17) is 18.9 Å². The molecule has 0 radical (unpaired) electrons. The van der Waals surface area contributed by atoms with Gasteiger partial charge in [-0.1, -0.05) is 0 Å². The summed E-state index contributed by atoms with van der Waals surface area (Å²) in [7, 11) is 6.63. The highest BCUT2D eigenvalue weighted by molar-refractivity contribution is 7.28. The second kappa shape index (κ2) is 14.3. The highest BCUT2D eigenvalue weighted by atomic mass is 32.1. The molecule has 2 aromatic carbocycles. The van der Waals surface area contributed by atoms with Crippen LogP contribution in [0, 0.1) is 45.3 Å². The Hall–Kier alpha value is -5.68. The van der Waals surface area contributed by atoms with Crippen LogP contribution in [0.25, 0.3) is 71.0 Å². The maximum Gasteiger partial charge on any atom is 0.145 e. The second-order valence-electron chi connectivity index (χ2n) is 11.4. The van der Waals surface area contributed by atoms with Crippen LogP contribution in [0.1, 0.15) is 9.75 Å². The van der Waals surface area contributed by atoms with Crippen LogP contribution < -0.4 is 18.9 Å². The van der Waals surface area contributed by atoms with Crippen molar-refractivity contribution in [3.05, 3.63) is 80.2 Å². The maximum atomic E-state index is 10.3. The number of rotatable bonds is 9. The molecule has 0 spiro atoms. The minimum Gasteiger partial charge on any atom is -0.495 e. The van der Waals surface area contributed by atoms with Gasteiger partial charge in [-0.25, -0.2) is 0 Å². The van der Waals surface area contributed by atoms with Crippen molar-refractivity contribution < 1.29 is 18.9 Å². The molecule has 0 aliphatic rings. The molecule has 54 heavy (non-hydrogen) atoms. The van der Waals surface area contributed by atoms with Crippen molar-refractivity contribution in [2.24, 2.45) is 0 Å². The summed E-state index contributed by atoms with van der Waals surface area (Å²) in [4.78, 5) is 4.77. The Bertz CT molecular complexity index is 2710. The lowest BCUT2D eigenvalue weighted by atomic mass is 9.94. The number of thiophene rings is 6. The summed E-state index contributed by atoms with van der Waals surface area (Å²) in [5.74, 6) is 3.09. The van der Waals surface area contributed by atoms with Crippen LogP contribution in [-0.2, 0) is 0 Å². The van der Waals surface area contributed by atoms with Crippen LogP contribution in [-0.4, -0.2) is 28.4 Å². The van der Waals surface area contributed by atoms with E-state index in [1.54, 1.807) is 73.8 Å². The number of nitriles is 4. The molecule has 0 amide bonds. The lowest BCUT2D eigenvalue weighted by Crippen LogP contribution is -1.94. The van der Waals surface area contributed by atoms with Crippen LogP contribution in [0.2, 0.25) is 0 Å². The quantitative estimate of drug-likeness (QED) is 0.104. The third-order valence-electron chi connectivity index (χ3n) is 8.80. The van der Waals surface area contributed by atoms with Gasteiger partial charge >= 0.3 is 0 Å². The van der Waals surface area contributed by atoms with E-state index in [1.165, 1.54) is 22.7 Å². The Labute approximate surface area is 332 Å². The van der Waals surface area contributed by atoms with Gasteiger partial charge < -0.3 is 18.9 Å². The SMILES string of the molecule is COc1c2cc(-c3ccc(C(=C(C#N)C#N)C(=C(C#N)C#N)c4ccc(-c5cc6c(OC)c7sccc7c(OC)c6s5)s4)s3)sc2c(OC)c2ccsc12. The van der Waals surface area contributed by atoms with Crippen LogP contribution in [0.5, 0.6) is 23.0 Å². The molecule has 8 aromatic rings. The Morgan fingerprint density at radius 3 is 1.17 bits per heavy atom. The number of hydrogen-bond acceptors (Lipinski definition) is 14. The molecule has 14 heteroatoms. The fourth-order valence-corrected chi connectivity index (χ4v) is 13.1. The van der Waals surface area contributed by atoms with E-state index in [0.29, 0.717) is 9.75 Å². The summed E-state index contributed by atoms with van der Waals surface area (Å²) < 4.78 is 27.4. The normalized spacial score (nSPS) is 10.9. The van der Waals surface area contributed by atoms with Gasteiger partial charge in [-0.2, -0.15) is 21.0 Å². The smallest absolute Gasteiger partial charge is 0.145 e. The average molecular weight is 815 g/mol. The predicted molar refractivity (Wildman–Crippen MR) is 224 cm³/mol. The van der Waals surface area contributed by atoms with Crippen LogP contribution in [0.3, 0.4) is 0 Å². The highest BCUT2D eigenvalue weighted by Crippen LogP contribution is 2.53. The van der Waals surface area contributed by atoms with E-state index in [2.05, 4.69) is 12.1 Å². The van der Waals surface area contributed by atoms with Gasteiger partial charge in [0, 0.05) is 62.0 Å². The Kier molecular flexibility index (Phi) is 9.35. The highest BCUT2D eigenvalue weighted by Gasteiger charge is 2.27. The van der Waals surface area contributed by atoms with Crippen molar-refractivity contribution in [1.82, 2.24) is 0 Å². The summed E-state index contributed by atoms with van der Waals surface area (Å²) in [6.07, 6.45) is 0. The third-order valence-corrected chi connectivity index (χ3v) is 15.5. The number of benzene rings is 2.